The molecule has 1 aromatic carbocycles. The third-order valence-electron chi connectivity index (χ3n) is 3.91. The number of rotatable bonds is 7. The van der Waals surface area contributed by atoms with E-state index in [1.54, 1.807) is 19.2 Å². The summed E-state index contributed by atoms with van der Waals surface area (Å²) < 4.78 is 18.4. The second kappa shape index (κ2) is 6.46. The molecule has 0 saturated heterocycles. The number of aliphatic hydroxyl groups excluding tert-OH is 1. The van der Waals surface area contributed by atoms with Crippen LogP contribution >= 0.6 is 0 Å². The molecule has 0 aliphatic rings. The first kappa shape index (κ1) is 16.1. The number of aliphatic hydroxyl groups is 1. The number of hydrogen-bond donors (Lipinski definition) is 2. The van der Waals surface area contributed by atoms with Gasteiger partial charge in [-0.15, -0.1) is 0 Å². The van der Waals surface area contributed by atoms with Gasteiger partial charge in [0.15, 0.2) is 0 Å². The summed E-state index contributed by atoms with van der Waals surface area (Å²) in [6.07, 6.45) is 1.45. The minimum atomic E-state index is -0.538. The van der Waals surface area contributed by atoms with Crippen LogP contribution in [0.2, 0.25) is 0 Å². The molecule has 1 aromatic rings. The molecule has 1 unspecified atom stereocenters. The molecule has 0 amide bonds. The number of methoxy groups -OCH3 is 1. The van der Waals surface area contributed by atoms with Crippen molar-refractivity contribution in [3.63, 3.8) is 0 Å². The van der Waals surface area contributed by atoms with Gasteiger partial charge in [0, 0.05) is 19.1 Å². The molecule has 0 radical (unpaired) electrons. The summed E-state index contributed by atoms with van der Waals surface area (Å²) >= 11 is 0. The molecule has 0 aromatic heterocycles. The molecule has 0 aliphatic heterocycles. The molecule has 0 bridgehead atoms. The Balaban J connectivity index is 2.94. The van der Waals surface area contributed by atoms with E-state index in [1.807, 2.05) is 13.8 Å². The Bertz CT molecular complexity index is 386. The standard InChI is InChI=1S/C15H24FNO2/c1-14(2,19-3)8-9-15(10-17,11-18)12-4-6-13(16)7-5-12/h4-7,18H,8-11,17H2,1-3H3. The third kappa shape index (κ3) is 4.00. The monoisotopic (exact) mass is 269 g/mol. The van der Waals surface area contributed by atoms with Crippen LogP contribution in [0.5, 0.6) is 0 Å². The minimum Gasteiger partial charge on any atom is -0.395 e. The number of benzene rings is 1. The summed E-state index contributed by atoms with van der Waals surface area (Å²) in [7, 11) is 1.67. The molecule has 108 valence electrons. The normalized spacial score (nSPS) is 15.3. The average Bonchev–Trinajstić information content (AvgIpc) is 2.42. The SMILES string of the molecule is COC(C)(C)CCC(CN)(CO)c1ccc(F)cc1. The Morgan fingerprint density at radius 3 is 2.21 bits per heavy atom. The van der Waals surface area contributed by atoms with E-state index >= 15 is 0 Å². The molecule has 0 saturated carbocycles. The Morgan fingerprint density at radius 2 is 1.79 bits per heavy atom. The first-order chi connectivity index (χ1) is 8.89. The van der Waals surface area contributed by atoms with Crippen LogP contribution in [0.25, 0.3) is 0 Å². The molecule has 3 nitrogen and oxygen atoms in total. The van der Waals surface area contributed by atoms with Gasteiger partial charge in [-0.3, -0.25) is 0 Å². The molecule has 0 spiro atoms. The molecule has 1 atom stereocenters. The molecule has 3 N–H and O–H groups in total. The average molecular weight is 269 g/mol. The van der Waals surface area contributed by atoms with Crippen molar-refractivity contribution in [3.8, 4) is 0 Å². The van der Waals surface area contributed by atoms with Gasteiger partial charge in [-0.1, -0.05) is 12.1 Å². The van der Waals surface area contributed by atoms with Gasteiger partial charge in [0.1, 0.15) is 5.82 Å². The van der Waals surface area contributed by atoms with E-state index in [2.05, 4.69) is 0 Å². The summed E-state index contributed by atoms with van der Waals surface area (Å²) in [5, 5.41) is 9.75. The highest BCUT2D eigenvalue weighted by molar-refractivity contribution is 5.27. The lowest BCUT2D eigenvalue weighted by atomic mass is 9.75. The van der Waals surface area contributed by atoms with E-state index in [0.29, 0.717) is 13.0 Å². The summed E-state index contributed by atoms with van der Waals surface area (Å²) in [5.41, 5.74) is 5.92. The molecule has 1 rings (SSSR count). The van der Waals surface area contributed by atoms with Gasteiger partial charge in [-0.2, -0.15) is 0 Å². The van der Waals surface area contributed by atoms with Crippen LogP contribution in [0, 0.1) is 5.82 Å². The van der Waals surface area contributed by atoms with Crippen LogP contribution in [0.4, 0.5) is 4.39 Å². The molecule has 0 aliphatic carbocycles. The Kier molecular flexibility index (Phi) is 5.47. The number of ether oxygens (including phenoxy) is 1. The fraction of sp³-hybridized carbons (Fsp3) is 0.600. The van der Waals surface area contributed by atoms with Crippen molar-refractivity contribution in [2.75, 3.05) is 20.3 Å². The van der Waals surface area contributed by atoms with Crippen LogP contribution in [-0.2, 0) is 10.2 Å². The highest BCUT2D eigenvalue weighted by atomic mass is 19.1. The van der Waals surface area contributed by atoms with E-state index < -0.39 is 5.41 Å². The van der Waals surface area contributed by atoms with Gasteiger partial charge in [0.25, 0.3) is 0 Å². The van der Waals surface area contributed by atoms with Gasteiger partial charge >= 0.3 is 0 Å². The van der Waals surface area contributed by atoms with Crippen LogP contribution < -0.4 is 5.73 Å². The van der Waals surface area contributed by atoms with Gasteiger partial charge < -0.3 is 15.6 Å². The largest absolute Gasteiger partial charge is 0.395 e. The topological polar surface area (TPSA) is 55.5 Å². The first-order valence-electron chi connectivity index (χ1n) is 6.51. The van der Waals surface area contributed by atoms with Crippen molar-refractivity contribution < 1.29 is 14.2 Å². The molecule has 4 heteroatoms. The second-order valence-corrected chi connectivity index (χ2v) is 5.61. The van der Waals surface area contributed by atoms with Crippen molar-refractivity contribution in [1.29, 1.82) is 0 Å². The minimum absolute atomic E-state index is 0.0606. The molecule has 0 heterocycles. The summed E-state index contributed by atoms with van der Waals surface area (Å²) in [6, 6.07) is 6.18. The predicted octanol–water partition coefficient (Wildman–Crippen LogP) is 2.22. The molecular weight excluding hydrogens is 245 g/mol. The lowest BCUT2D eigenvalue weighted by Gasteiger charge is -2.34. The van der Waals surface area contributed by atoms with Crippen molar-refractivity contribution in [3.05, 3.63) is 35.6 Å². The van der Waals surface area contributed by atoms with Gasteiger partial charge in [-0.05, 0) is 44.4 Å². The number of halogens is 1. The van der Waals surface area contributed by atoms with E-state index in [-0.39, 0.29) is 18.0 Å². The zero-order chi connectivity index (χ0) is 14.5. The molecular formula is C15H24FNO2. The van der Waals surface area contributed by atoms with Crippen molar-refractivity contribution in [1.82, 2.24) is 0 Å². The lowest BCUT2D eigenvalue weighted by Crippen LogP contribution is -2.40. The number of hydrogen-bond acceptors (Lipinski definition) is 3. The Labute approximate surface area is 114 Å². The van der Waals surface area contributed by atoms with Crippen LogP contribution in [-0.4, -0.2) is 31.0 Å². The summed E-state index contributed by atoms with van der Waals surface area (Å²) in [6.45, 7) is 4.25. The highest BCUT2D eigenvalue weighted by Crippen LogP contribution is 2.31. The molecule has 19 heavy (non-hydrogen) atoms. The van der Waals surface area contributed by atoms with Crippen LogP contribution in [0.3, 0.4) is 0 Å². The van der Waals surface area contributed by atoms with E-state index in [4.69, 9.17) is 10.5 Å². The second-order valence-electron chi connectivity index (χ2n) is 5.61. The maximum Gasteiger partial charge on any atom is 0.123 e. The van der Waals surface area contributed by atoms with E-state index in [1.165, 1.54) is 12.1 Å². The lowest BCUT2D eigenvalue weighted by molar-refractivity contribution is 0.00584. The van der Waals surface area contributed by atoms with Crippen molar-refractivity contribution in [2.24, 2.45) is 5.73 Å². The predicted molar refractivity (Wildman–Crippen MR) is 74.5 cm³/mol. The van der Waals surface area contributed by atoms with Gasteiger partial charge in [0.2, 0.25) is 0 Å². The zero-order valence-electron chi connectivity index (χ0n) is 11.9. The maximum absolute atomic E-state index is 13.0. The summed E-state index contributed by atoms with van der Waals surface area (Å²) in [5.74, 6) is -0.287. The van der Waals surface area contributed by atoms with Crippen molar-refractivity contribution in [2.45, 2.75) is 37.7 Å². The van der Waals surface area contributed by atoms with Gasteiger partial charge in [-0.25, -0.2) is 4.39 Å². The van der Waals surface area contributed by atoms with Gasteiger partial charge in [0.05, 0.1) is 12.2 Å². The smallest absolute Gasteiger partial charge is 0.123 e. The fourth-order valence-corrected chi connectivity index (χ4v) is 2.04. The first-order valence-corrected chi connectivity index (χ1v) is 6.51. The number of nitrogens with two attached hydrogens (primary N) is 1. The quantitative estimate of drug-likeness (QED) is 0.798. The van der Waals surface area contributed by atoms with E-state index in [0.717, 1.165) is 12.0 Å². The Hall–Kier alpha value is -0.970. The zero-order valence-corrected chi connectivity index (χ0v) is 11.9. The summed E-state index contributed by atoms with van der Waals surface area (Å²) in [4.78, 5) is 0. The highest BCUT2D eigenvalue weighted by Gasteiger charge is 2.32. The maximum atomic E-state index is 13.0. The third-order valence-corrected chi connectivity index (χ3v) is 3.91. The molecule has 0 fully saturated rings. The fourth-order valence-electron chi connectivity index (χ4n) is 2.04. The van der Waals surface area contributed by atoms with Crippen LogP contribution in [0.1, 0.15) is 32.3 Å². The van der Waals surface area contributed by atoms with Crippen LogP contribution in [0.15, 0.2) is 24.3 Å². The van der Waals surface area contributed by atoms with E-state index in [9.17, 15) is 9.50 Å². The Morgan fingerprint density at radius 1 is 1.21 bits per heavy atom. The van der Waals surface area contributed by atoms with Crippen molar-refractivity contribution >= 4 is 0 Å².